The molecule has 1 aliphatic rings. The molecule has 0 unspecified atom stereocenters. The molecule has 2 aromatic carbocycles. The molecule has 0 fully saturated rings. The standard InChI is InChI=1S/C16H13NO2/c1-11(12-7-3-2-4-8-12)17-15(18)13-9-5-6-10-14(13)16(17)19/h2-11H,1H3/t11-/m0/s1. The van der Waals surface area contributed by atoms with E-state index in [9.17, 15) is 9.59 Å². The Bertz CT molecular complexity index is 614. The van der Waals surface area contributed by atoms with Crippen molar-refractivity contribution in [2.24, 2.45) is 0 Å². The average Bonchev–Trinajstić information content (AvgIpc) is 2.72. The lowest BCUT2D eigenvalue weighted by Crippen LogP contribution is -2.32. The molecule has 3 rings (SSSR count). The minimum Gasteiger partial charge on any atom is -0.269 e. The van der Waals surface area contributed by atoms with Crippen LogP contribution in [0.4, 0.5) is 0 Å². The Hall–Kier alpha value is -2.42. The van der Waals surface area contributed by atoms with Crippen LogP contribution < -0.4 is 0 Å². The molecule has 0 saturated carbocycles. The van der Waals surface area contributed by atoms with Crippen molar-refractivity contribution >= 4 is 11.8 Å². The summed E-state index contributed by atoms with van der Waals surface area (Å²) >= 11 is 0. The van der Waals surface area contributed by atoms with Crippen molar-refractivity contribution in [2.75, 3.05) is 0 Å². The molecule has 0 radical (unpaired) electrons. The molecule has 1 atom stereocenters. The molecule has 1 aliphatic heterocycles. The SMILES string of the molecule is C[C@@H](c1ccccc1)N1C(=O)c2ccccc2C1=O. The van der Waals surface area contributed by atoms with Gasteiger partial charge in [0.2, 0.25) is 0 Å². The van der Waals surface area contributed by atoms with Crippen LogP contribution in [0.1, 0.15) is 39.2 Å². The van der Waals surface area contributed by atoms with E-state index in [1.807, 2.05) is 37.3 Å². The van der Waals surface area contributed by atoms with E-state index in [4.69, 9.17) is 0 Å². The topological polar surface area (TPSA) is 37.4 Å². The van der Waals surface area contributed by atoms with Crippen LogP contribution in [0.5, 0.6) is 0 Å². The van der Waals surface area contributed by atoms with Crippen LogP contribution in [-0.2, 0) is 0 Å². The van der Waals surface area contributed by atoms with Crippen LogP contribution >= 0.6 is 0 Å². The van der Waals surface area contributed by atoms with Gasteiger partial charge < -0.3 is 0 Å². The van der Waals surface area contributed by atoms with Crippen LogP contribution in [0, 0.1) is 0 Å². The zero-order valence-electron chi connectivity index (χ0n) is 10.5. The van der Waals surface area contributed by atoms with E-state index < -0.39 is 0 Å². The molecule has 2 aromatic rings. The minimum absolute atomic E-state index is 0.211. The van der Waals surface area contributed by atoms with Crippen LogP contribution in [0.2, 0.25) is 0 Å². The Morgan fingerprint density at radius 1 is 0.789 bits per heavy atom. The van der Waals surface area contributed by atoms with E-state index in [1.165, 1.54) is 4.90 Å². The van der Waals surface area contributed by atoms with Crippen LogP contribution in [0.3, 0.4) is 0 Å². The Labute approximate surface area is 111 Å². The summed E-state index contributed by atoms with van der Waals surface area (Å²) in [6.45, 7) is 1.87. The third kappa shape index (κ3) is 1.74. The van der Waals surface area contributed by atoms with E-state index in [-0.39, 0.29) is 17.9 Å². The van der Waals surface area contributed by atoms with Gasteiger partial charge in [-0.05, 0) is 24.6 Å². The summed E-state index contributed by atoms with van der Waals surface area (Å²) in [4.78, 5) is 26.0. The van der Waals surface area contributed by atoms with Gasteiger partial charge in [-0.15, -0.1) is 0 Å². The van der Waals surface area contributed by atoms with E-state index in [0.717, 1.165) is 5.56 Å². The summed E-state index contributed by atoms with van der Waals surface area (Å²) in [6.07, 6.45) is 0. The highest BCUT2D eigenvalue weighted by Gasteiger charge is 2.38. The molecule has 0 bridgehead atoms. The van der Waals surface area contributed by atoms with Crippen LogP contribution in [-0.4, -0.2) is 16.7 Å². The molecule has 3 nitrogen and oxygen atoms in total. The molecular formula is C16H13NO2. The average molecular weight is 251 g/mol. The smallest absolute Gasteiger partial charge is 0.262 e. The van der Waals surface area contributed by atoms with Crippen molar-refractivity contribution in [1.82, 2.24) is 4.90 Å². The molecule has 0 saturated heterocycles. The summed E-state index contributed by atoms with van der Waals surface area (Å²) in [5.74, 6) is -0.422. The normalized spacial score (nSPS) is 15.5. The lowest BCUT2D eigenvalue weighted by Gasteiger charge is -2.22. The zero-order chi connectivity index (χ0) is 13.4. The third-order valence-electron chi connectivity index (χ3n) is 3.49. The van der Waals surface area contributed by atoms with Gasteiger partial charge in [0.15, 0.2) is 0 Å². The van der Waals surface area contributed by atoms with Gasteiger partial charge in [0.25, 0.3) is 11.8 Å². The largest absolute Gasteiger partial charge is 0.269 e. The van der Waals surface area contributed by atoms with Crippen LogP contribution in [0.25, 0.3) is 0 Å². The van der Waals surface area contributed by atoms with Gasteiger partial charge in [0.1, 0.15) is 0 Å². The van der Waals surface area contributed by atoms with Crippen LogP contribution in [0.15, 0.2) is 54.6 Å². The molecular weight excluding hydrogens is 238 g/mol. The number of hydrogen-bond acceptors (Lipinski definition) is 2. The number of benzene rings is 2. The molecule has 19 heavy (non-hydrogen) atoms. The maximum Gasteiger partial charge on any atom is 0.262 e. The quantitative estimate of drug-likeness (QED) is 0.769. The Balaban J connectivity index is 2.01. The van der Waals surface area contributed by atoms with Gasteiger partial charge in [-0.25, -0.2) is 0 Å². The van der Waals surface area contributed by atoms with Crippen molar-refractivity contribution < 1.29 is 9.59 Å². The number of fused-ring (bicyclic) bond motifs is 1. The molecule has 0 aliphatic carbocycles. The van der Waals surface area contributed by atoms with Crippen molar-refractivity contribution in [3.05, 3.63) is 71.3 Å². The second-order valence-electron chi connectivity index (χ2n) is 4.61. The number of carbonyl (C=O) groups excluding carboxylic acids is 2. The first-order valence-electron chi connectivity index (χ1n) is 6.22. The van der Waals surface area contributed by atoms with Gasteiger partial charge in [0, 0.05) is 0 Å². The Morgan fingerprint density at radius 2 is 1.26 bits per heavy atom. The number of imide groups is 1. The fourth-order valence-corrected chi connectivity index (χ4v) is 2.44. The number of hydrogen-bond donors (Lipinski definition) is 0. The second kappa shape index (κ2) is 4.35. The summed E-state index contributed by atoms with van der Waals surface area (Å²) in [6, 6.07) is 16.3. The van der Waals surface area contributed by atoms with E-state index in [2.05, 4.69) is 0 Å². The summed E-state index contributed by atoms with van der Waals surface area (Å²) in [5, 5.41) is 0. The maximum atomic E-state index is 12.3. The highest BCUT2D eigenvalue weighted by Crippen LogP contribution is 2.30. The van der Waals surface area contributed by atoms with Crippen molar-refractivity contribution in [2.45, 2.75) is 13.0 Å². The molecule has 2 amide bonds. The number of nitrogens with zero attached hydrogens (tertiary/aromatic N) is 1. The predicted molar refractivity (Wildman–Crippen MR) is 71.8 cm³/mol. The van der Waals surface area contributed by atoms with E-state index in [0.29, 0.717) is 11.1 Å². The molecule has 0 aromatic heterocycles. The van der Waals surface area contributed by atoms with E-state index >= 15 is 0 Å². The highest BCUT2D eigenvalue weighted by molar-refractivity contribution is 6.21. The zero-order valence-corrected chi connectivity index (χ0v) is 10.5. The van der Waals surface area contributed by atoms with Crippen molar-refractivity contribution in [1.29, 1.82) is 0 Å². The van der Waals surface area contributed by atoms with Crippen molar-refractivity contribution in [3.8, 4) is 0 Å². The lowest BCUT2D eigenvalue weighted by atomic mass is 10.1. The van der Waals surface area contributed by atoms with Gasteiger partial charge in [-0.2, -0.15) is 0 Å². The maximum absolute atomic E-state index is 12.3. The molecule has 94 valence electrons. The predicted octanol–water partition coefficient (Wildman–Crippen LogP) is 3.04. The first-order chi connectivity index (χ1) is 9.20. The molecule has 1 heterocycles. The fourth-order valence-electron chi connectivity index (χ4n) is 2.44. The van der Waals surface area contributed by atoms with Crippen molar-refractivity contribution in [3.63, 3.8) is 0 Å². The molecule has 0 N–H and O–H groups in total. The molecule has 0 spiro atoms. The van der Waals surface area contributed by atoms with E-state index in [1.54, 1.807) is 24.3 Å². The summed E-state index contributed by atoms with van der Waals surface area (Å²) in [7, 11) is 0. The highest BCUT2D eigenvalue weighted by atomic mass is 16.2. The first-order valence-corrected chi connectivity index (χ1v) is 6.22. The van der Waals surface area contributed by atoms with Gasteiger partial charge in [-0.3, -0.25) is 14.5 Å². The summed E-state index contributed by atoms with van der Waals surface area (Å²) < 4.78 is 0. The third-order valence-corrected chi connectivity index (χ3v) is 3.49. The lowest BCUT2D eigenvalue weighted by molar-refractivity contribution is 0.0595. The monoisotopic (exact) mass is 251 g/mol. The minimum atomic E-state index is -0.256. The van der Waals surface area contributed by atoms with Gasteiger partial charge in [-0.1, -0.05) is 42.5 Å². The van der Waals surface area contributed by atoms with Gasteiger partial charge >= 0.3 is 0 Å². The number of carbonyl (C=O) groups is 2. The number of rotatable bonds is 2. The summed E-state index contributed by atoms with van der Waals surface area (Å²) in [5.41, 5.74) is 1.95. The Kier molecular flexibility index (Phi) is 2.67. The Morgan fingerprint density at radius 3 is 1.79 bits per heavy atom. The number of amides is 2. The fraction of sp³-hybridized carbons (Fsp3) is 0.125. The molecule has 3 heteroatoms. The second-order valence-corrected chi connectivity index (χ2v) is 4.61. The first kappa shape index (κ1) is 11.7. The van der Waals surface area contributed by atoms with Gasteiger partial charge in [0.05, 0.1) is 17.2 Å².